The highest BCUT2D eigenvalue weighted by atomic mass is 16.2. The van der Waals surface area contributed by atoms with E-state index in [0.29, 0.717) is 31.0 Å². The SMILES string of the molecule is CCc1cccc(CC)c1NC(=O)c1nn(C)c2c1CCC1=C2N=C(NC2CCN(C(=O)c3ccccn3)CC2)NC1. The minimum atomic E-state index is -0.172. The molecule has 2 amide bonds. The van der Waals surface area contributed by atoms with Crippen molar-refractivity contribution in [1.82, 2.24) is 30.3 Å². The van der Waals surface area contributed by atoms with Gasteiger partial charge in [-0.05, 0) is 67.4 Å². The van der Waals surface area contributed by atoms with E-state index in [1.165, 1.54) is 5.57 Å². The van der Waals surface area contributed by atoms with Gasteiger partial charge in [0.1, 0.15) is 5.69 Å². The predicted molar refractivity (Wildman–Crippen MR) is 163 cm³/mol. The molecule has 10 nitrogen and oxygen atoms in total. The molecule has 1 aliphatic carbocycles. The zero-order valence-electron chi connectivity index (χ0n) is 24.5. The molecular formula is C32H38N8O2. The lowest BCUT2D eigenvalue weighted by molar-refractivity contribution is 0.0704. The number of aromatic nitrogens is 3. The minimum absolute atomic E-state index is 0.0214. The summed E-state index contributed by atoms with van der Waals surface area (Å²) in [7, 11) is 1.89. The number of likely N-dealkylation sites (tertiary alicyclic amines) is 1. The van der Waals surface area contributed by atoms with E-state index < -0.39 is 0 Å². The maximum Gasteiger partial charge on any atom is 0.276 e. The average molecular weight is 567 g/mol. The van der Waals surface area contributed by atoms with Gasteiger partial charge in [-0.1, -0.05) is 38.1 Å². The number of aliphatic imine (C=N–C) groups is 1. The number of pyridine rings is 1. The zero-order chi connectivity index (χ0) is 29.2. The van der Waals surface area contributed by atoms with Crippen LogP contribution in [0, 0.1) is 0 Å². The molecule has 0 saturated carbocycles. The fourth-order valence-electron chi connectivity index (χ4n) is 6.22. The maximum atomic E-state index is 13.6. The van der Waals surface area contributed by atoms with Gasteiger partial charge in [0, 0.05) is 50.2 Å². The second kappa shape index (κ2) is 11.8. The summed E-state index contributed by atoms with van der Waals surface area (Å²) in [4.78, 5) is 37.5. The van der Waals surface area contributed by atoms with Gasteiger partial charge >= 0.3 is 0 Å². The van der Waals surface area contributed by atoms with E-state index >= 15 is 0 Å². The molecule has 4 heterocycles. The van der Waals surface area contributed by atoms with Crippen molar-refractivity contribution in [1.29, 1.82) is 0 Å². The number of hydrogen-bond acceptors (Lipinski definition) is 7. The number of rotatable bonds is 6. The number of carbonyl (C=O) groups excluding carboxylic acids is 2. The minimum Gasteiger partial charge on any atom is -0.353 e. The van der Waals surface area contributed by atoms with Crippen LogP contribution in [0.15, 0.2) is 53.2 Å². The summed E-state index contributed by atoms with van der Waals surface area (Å²) in [6, 6.07) is 11.8. The van der Waals surface area contributed by atoms with Gasteiger partial charge in [-0.2, -0.15) is 5.10 Å². The first-order chi connectivity index (χ1) is 20.5. The van der Waals surface area contributed by atoms with Crippen molar-refractivity contribution in [3.8, 4) is 0 Å². The lowest BCUT2D eigenvalue weighted by Crippen LogP contribution is -2.51. The van der Waals surface area contributed by atoms with Crippen molar-refractivity contribution in [2.75, 3.05) is 25.0 Å². The molecule has 3 N–H and O–H groups in total. The molecule has 10 heteroatoms. The largest absolute Gasteiger partial charge is 0.353 e. The Morgan fingerprint density at radius 2 is 1.79 bits per heavy atom. The monoisotopic (exact) mass is 566 g/mol. The van der Waals surface area contributed by atoms with Gasteiger partial charge in [-0.25, -0.2) is 4.99 Å². The lowest BCUT2D eigenvalue weighted by atomic mass is 9.91. The third-order valence-electron chi connectivity index (χ3n) is 8.53. The molecule has 42 heavy (non-hydrogen) atoms. The first-order valence-electron chi connectivity index (χ1n) is 15.0. The standard InChI is InChI=1S/C32H38N8O2/c1-4-20-9-8-10-21(5-2)26(20)36-30(41)28-24-13-12-22-19-34-32(37-27(22)29(24)39(3)38-28)35-23-14-17-40(18-15-23)31(42)25-11-6-7-16-33-25/h6-11,16,23H,4-5,12-15,17-19H2,1-3H3,(H,36,41)(H2,34,35,37). The Morgan fingerprint density at radius 3 is 2.48 bits per heavy atom. The quantitative estimate of drug-likeness (QED) is 0.419. The molecule has 1 aromatic carbocycles. The number of guanidine groups is 1. The van der Waals surface area contributed by atoms with E-state index in [1.807, 2.05) is 24.1 Å². The van der Waals surface area contributed by atoms with Crippen LogP contribution in [0.1, 0.15) is 76.5 Å². The average Bonchev–Trinajstić information content (AvgIpc) is 3.38. The Bertz CT molecular complexity index is 1540. The molecule has 218 valence electrons. The van der Waals surface area contributed by atoms with E-state index in [-0.39, 0.29) is 17.9 Å². The van der Waals surface area contributed by atoms with Crippen LogP contribution in [0.5, 0.6) is 0 Å². The van der Waals surface area contributed by atoms with Gasteiger partial charge in [0.2, 0.25) is 0 Å². The van der Waals surface area contributed by atoms with E-state index in [1.54, 1.807) is 16.9 Å². The normalized spacial score (nSPS) is 16.7. The van der Waals surface area contributed by atoms with Crippen LogP contribution in [-0.2, 0) is 26.3 Å². The molecule has 3 aliphatic rings. The third kappa shape index (κ3) is 5.29. The number of amides is 2. The molecule has 1 saturated heterocycles. The molecular weight excluding hydrogens is 528 g/mol. The van der Waals surface area contributed by atoms with Gasteiger partial charge in [0.25, 0.3) is 11.8 Å². The summed E-state index contributed by atoms with van der Waals surface area (Å²) in [5, 5.41) is 14.9. The Kier molecular flexibility index (Phi) is 7.78. The van der Waals surface area contributed by atoms with E-state index in [0.717, 1.165) is 78.3 Å². The Morgan fingerprint density at radius 1 is 1.02 bits per heavy atom. The van der Waals surface area contributed by atoms with Crippen LogP contribution in [0.3, 0.4) is 0 Å². The smallest absolute Gasteiger partial charge is 0.276 e. The summed E-state index contributed by atoms with van der Waals surface area (Å²) < 4.78 is 1.80. The second-order valence-electron chi connectivity index (χ2n) is 11.1. The second-order valence-corrected chi connectivity index (χ2v) is 11.1. The van der Waals surface area contributed by atoms with Gasteiger partial charge in [0.05, 0.1) is 11.4 Å². The van der Waals surface area contributed by atoms with E-state index in [9.17, 15) is 9.59 Å². The fourth-order valence-corrected chi connectivity index (χ4v) is 6.22. The highest BCUT2D eigenvalue weighted by molar-refractivity contribution is 6.06. The maximum absolute atomic E-state index is 13.6. The third-order valence-corrected chi connectivity index (χ3v) is 8.53. The highest BCUT2D eigenvalue weighted by Crippen LogP contribution is 2.35. The first-order valence-corrected chi connectivity index (χ1v) is 15.0. The molecule has 1 fully saturated rings. The number of hydrogen-bond donors (Lipinski definition) is 3. The van der Waals surface area contributed by atoms with Crippen molar-refractivity contribution < 1.29 is 9.59 Å². The van der Waals surface area contributed by atoms with Crippen LogP contribution < -0.4 is 16.0 Å². The summed E-state index contributed by atoms with van der Waals surface area (Å²) in [6.07, 6.45) is 6.58. The van der Waals surface area contributed by atoms with Crippen LogP contribution in [-0.4, -0.2) is 63.1 Å². The molecule has 0 radical (unpaired) electrons. The number of aryl methyl sites for hydroxylation is 3. The van der Waals surface area contributed by atoms with Crippen LogP contribution >= 0.6 is 0 Å². The van der Waals surface area contributed by atoms with Crippen molar-refractivity contribution in [2.45, 2.75) is 58.4 Å². The Balaban J connectivity index is 1.17. The lowest BCUT2D eigenvalue weighted by Gasteiger charge is -2.34. The molecule has 0 bridgehead atoms. The van der Waals surface area contributed by atoms with E-state index in [2.05, 4.69) is 53.0 Å². The van der Waals surface area contributed by atoms with Crippen LogP contribution in [0.4, 0.5) is 5.69 Å². The zero-order valence-corrected chi connectivity index (χ0v) is 24.5. The fraction of sp³-hybridized carbons (Fsp3) is 0.406. The van der Waals surface area contributed by atoms with Crippen LogP contribution in [0.2, 0.25) is 0 Å². The number of nitrogens with one attached hydrogen (secondary N) is 3. The molecule has 2 aliphatic heterocycles. The number of benzene rings is 1. The van der Waals surface area contributed by atoms with Gasteiger partial charge in [0.15, 0.2) is 11.7 Å². The number of fused-ring (bicyclic) bond motifs is 2. The molecule has 0 unspecified atom stereocenters. The molecule has 3 aromatic rings. The number of piperidine rings is 1. The van der Waals surface area contributed by atoms with Gasteiger partial charge in [-0.3, -0.25) is 19.3 Å². The molecule has 6 rings (SSSR count). The summed E-state index contributed by atoms with van der Waals surface area (Å²) in [5.74, 6) is 0.536. The molecule has 0 atom stereocenters. The first kappa shape index (κ1) is 27.7. The Hall–Kier alpha value is -4.47. The molecule has 0 spiro atoms. The summed E-state index contributed by atoms with van der Waals surface area (Å²) >= 11 is 0. The number of nitrogens with zero attached hydrogens (tertiary/aromatic N) is 5. The number of carbonyl (C=O) groups is 2. The summed E-state index contributed by atoms with van der Waals surface area (Å²) in [6.45, 7) is 6.24. The molecule has 2 aromatic heterocycles. The van der Waals surface area contributed by atoms with Crippen molar-refractivity contribution in [3.05, 3.63) is 81.9 Å². The van der Waals surface area contributed by atoms with E-state index in [4.69, 9.17) is 10.1 Å². The van der Waals surface area contributed by atoms with Crippen molar-refractivity contribution >= 4 is 29.2 Å². The highest BCUT2D eigenvalue weighted by Gasteiger charge is 2.32. The Labute approximate surface area is 246 Å². The summed E-state index contributed by atoms with van der Waals surface area (Å²) in [5.41, 5.74) is 8.11. The van der Waals surface area contributed by atoms with Gasteiger partial charge in [-0.15, -0.1) is 0 Å². The topological polar surface area (TPSA) is 117 Å². The van der Waals surface area contributed by atoms with Crippen molar-refractivity contribution in [3.63, 3.8) is 0 Å². The van der Waals surface area contributed by atoms with Gasteiger partial charge < -0.3 is 20.9 Å². The van der Waals surface area contributed by atoms with Crippen molar-refractivity contribution in [2.24, 2.45) is 12.0 Å². The number of anilines is 1. The van der Waals surface area contributed by atoms with Crippen LogP contribution in [0.25, 0.3) is 5.70 Å². The predicted octanol–water partition coefficient (Wildman–Crippen LogP) is 3.70. The number of para-hydroxylation sites is 1.